The molecular formula is C16H26N2O2. The van der Waals surface area contributed by atoms with E-state index in [1.807, 2.05) is 6.07 Å². The molecule has 1 saturated heterocycles. The summed E-state index contributed by atoms with van der Waals surface area (Å²) in [5, 5.41) is 0. The molecule has 0 spiro atoms. The van der Waals surface area contributed by atoms with Crippen LogP contribution in [0.3, 0.4) is 0 Å². The summed E-state index contributed by atoms with van der Waals surface area (Å²) in [7, 11) is 0. The monoisotopic (exact) mass is 278 g/mol. The molecule has 1 saturated carbocycles. The quantitative estimate of drug-likeness (QED) is 0.899. The highest BCUT2D eigenvalue weighted by molar-refractivity contribution is 5.07. The standard InChI is InChI=1S/C16H26N2O2/c1-15(2)11-16(12-17,7-9-20-15)18(13-5-6-13)10-14-4-3-8-19-14/h3-4,8,13H,5-7,9-12,17H2,1-2H3. The molecule has 1 atom stereocenters. The summed E-state index contributed by atoms with van der Waals surface area (Å²) in [5.74, 6) is 1.04. The average molecular weight is 278 g/mol. The summed E-state index contributed by atoms with van der Waals surface area (Å²) >= 11 is 0. The predicted molar refractivity (Wildman–Crippen MR) is 78.3 cm³/mol. The van der Waals surface area contributed by atoms with Crippen LogP contribution >= 0.6 is 0 Å². The zero-order chi connectivity index (χ0) is 14.2. The van der Waals surface area contributed by atoms with E-state index in [0.717, 1.165) is 31.8 Å². The minimum atomic E-state index is -0.0894. The molecule has 2 N–H and O–H groups in total. The number of ether oxygens (including phenoxy) is 1. The normalized spacial score (nSPS) is 29.8. The van der Waals surface area contributed by atoms with Crippen molar-refractivity contribution in [2.45, 2.75) is 63.3 Å². The Labute approximate surface area is 121 Å². The van der Waals surface area contributed by atoms with E-state index in [0.29, 0.717) is 12.6 Å². The topological polar surface area (TPSA) is 51.6 Å². The molecule has 1 aliphatic carbocycles. The second-order valence-corrected chi connectivity index (χ2v) is 6.90. The van der Waals surface area contributed by atoms with Crippen molar-refractivity contribution in [2.75, 3.05) is 13.2 Å². The summed E-state index contributed by atoms with van der Waals surface area (Å²) in [6.45, 7) is 6.70. The van der Waals surface area contributed by atoms with Crippen molar-refractivity contribution in [3.05, 3.63) is 24.2 Å². The zero-order valence-electron chi connectivity index (χ0n) is 12.6. The van der Waals surface area contributed by atoms with Crippen molar-refractivity contribution in [1.29, 1.82) is 0 Å². The van der Waals surface area contributed by atoms with E-state index in [9.17, 15) is 0 Å². The van der Waals surface area contributed by atoms with Crippen LogP contribution in [0.25, 0.3) is 0 Å². The summed E-state index contributed by atoms with van der Waals surface area (Å²) in [4.78, 5) is 2.59. The Balaban J connectivity index is 1.83. The van der Waals surface area contributed by atoms with Gasteiger partial charge in [-0.1, -0.05) is 0 Å². The zero-order valence-corrected chi connectivity index (χ0v) is 12.6. The Morgan fingerprint density at radius 3 is 2.75 bits per heavy atom. The lowest BCUT2D eigenvalue weighted by Gasteiger charge is -2.50. The first-order valence-electron chi connectivity index (χ1n) is 7.68. The van der Waals surface area contributed by atoms with Crippen molar-refractivity contribution < 1.29 is 9.15 Å². The van der Waals surface area contributed by atoms with Gasteiger partial charge in [-0.2, -0.15) is 0 Å². The van der Waals surface area contributed by atoms with Gasteiger partial charge in [0.1, 0.15) is 5.76 Å². The van der Waals surface area contributed by atoms with Gasteiger partial charge < -0.3 is 14.9 Å². The summed E-state index contributed by atoms with van der Waals surface area (Å²) in [6, 6.07) is 4.69. The molecule has 3 rings (SSSR count). The molecule has 1 aliphatic heterocycles. The lowest BCUT2D eigenvalue weighted by Crippen LogP contribution is -2.60. The van der Waals surface area contributed by atoms with Crippen LogP contribution in [0.5, 0.6) is 0 Å². The number of rotatable bonds is 5. The van der Waals surface area contributed by atoms with Crippen molar-refractivity contribution in [3.8, 4) is 0 Å². The molecule has 0 aromatic carbocycles. The Hall–Kier alpha value is -0.840. The van der Waals surface area contributed by atoms with E-state index in [-0.39, 0.29) is 11.1 Å². The van der Waals surface area contributed by atoms with Crippen LogP contribution in [0.15, 0.2) is 22.8 Å². The van der Waals surface area contributed by atoms with Crippen LogP contribution in [-0.4, -0.2) is 35.2 Å². The van der Waals surface area contributed by atoms with Gasteiger partial charge in [-0.15, -0.1) is 0 Å². The number of nitrogens with zero attached hydrogens (tertiary/aromatic N) is 1. The minimum absolute atomic E-state index is 0.0513. The number of hydrogen-bond acceptors (Lipinski definition) is 4. The van der Waals surface area contributed by atoms with Crippen molar-refractivity contribution in [3.63, 3.8) is 0 Å². The van der Waals surface area contributed by atoms with E-state index < -0.39 is 0 Å². The van der Waals surface area contributed by atoms with Gasteiger partial charge in [0.05, 0.1) is 18.4 Å². The minimum Gasteiger partial charge on any atom is -0.468 e. The summed E-state index contributed by atoms with van der Waals surface area (Å²) in [5.41, 5.74) is 6.19. The van der Waals surface area contributed by atoms with Crippen molar-refractivity contribution in [2.24, 2.45) is 5.73 Å². The van der Waals surface area contributed by atoms with E-state index >= 15 is 0 Å². The molecular weight excluding hydrogens is 252 g/mol. The van der Waals surface area contributed by atoms with Gasteiger partial charge in [0.2, 0.25) is 0 Å². The molecule has 4 nitrogen and oxygen atoms in total. The highest BCUT2D eigenvalue weighted by atomic mass is 16.5. The maximum Gasteiger partial charge on any atom is 0.117 e. The van der Waals surface area contributed by atoms with Crippen LogP contribution in [0, 0.1) is 0 Å². The van der Waals surface area contributed by atoms with Gasteiger partial charge in [0, 0.05) is 24.7 Å². The smallest absolute Gasteiger partial charge is 0.117 e. The fourth-order valence-electron chi connectivity index (χ4n) is 3.63. The Morgan fingerprint density at radius 2 is 2.20 bits per heavy atom. The van der Waals surface area contributed by atoms with Crippen LogP contribution in [0.4, 0.5) is 0 Å². The Kier molecular flexibility index (Phi) is 3.65. The fraction of sp³-hybridized carbons (Fsp3) is 0.750. The largest absolute Gasteiger partial charge is 0.468 e. The number of furan rings is 1. The first-order valence-corrected chi connectivity index (χ1v) is 7.68. The van der Waals surface area contributed by atoms with Gasteiger partial charge in [0.15, 0.2) is 0 Å². The molecule has 1 aromatic heterocycles. The van der Waals surface area contributed by atoms with Crippen LogP contribution in [0.1, 0.15) is 45.3 Å². The van der Waals surface area contributed by atoms with Crippen molar-refractivity contribution >= 4 is 0 Å². The van der Waals surface area contributed by atoms with Gasteiger partial charge in [0.25, 0.3) is 0 Å². The fourth-order valence-corrected chi connectivity index (χ4v) is 3.63. The van der Waals surface area contributed by atoms with Crippen LogP contribution < -0.4 is 5.73 Å². The van der Waals surface area contributed by atoms with Crippen molar-refractivity contribution in [1.82, 2.24) is 4.90 Å². The third kappa shape index (κ3) is 2.78. The molecule has 2 heterocycles. The Bertz CT molecular complexity index is 439. The second-order valence-electron chi connectivity index (χ2n) is 6.90. The second kappa shape index (κ2) is 5.17. The molecule has 20 heavy (non-hydrogen) atoms. The van der Waals surface area contributed by atoms with Crippen LogP contribution in [-0.2, 0) is 11.3 Å². The molecule has 1 unspecified atom stereocenters. The first-order chi connectivity index (χ1) is 9.55. The molecule has 0 bridgehead atoms. The van der Waals surface area contributed by atoms with Gasteiger partial charge in [-0.25, -0.2) is 0 Å². The highest BCUT2D eigenvalue weighted by Crippen LogP contribution is 2.42. The maximum absolute atomic E-state index is 6.23. The molecule has 2 aliphatic rings. The molecule has 1 aromatic rings. The third-order valence-corrected chi connectivity index (χ3v) is 4.70. The van der Waals surface area contributed by atoms with E-state index in [1.54, 1.807) is 6.26 Å². The molecule has 0 amide bonds. The molecule has 0 radical (unpaired) electrons. The van der Waals surface area contributed by atoms with E-state index in [1.165, 1.54) is 12.8 Å². The van der Waals surface area contributed by atoms with E-state index in [4.69, 9.17) is 14.9 Å². The lowest BCUT2D eigenvalue weighted by atomic mass is 9.79. The first kappa shape index (κ1) is 14.1. The molecule has 4 heteroatoms. The molecule has 112 valence electrons. The number of hydrogen-bond donors (Lipinski definition) is 1. The SMILES string of the molecule is CC1(C)CC(CN)(N(Cc2ccco2)C2CC2)CCO1. The number of nitrogens with two attached hydrogens (primary N) is 1. The summed E-state index contributed by atoms with van der Waals surface area (Å²) in [6.07, 6.45) is 6.33. The Morgan fingerprint density at radius 1 is 1.40 bits per heavy atom. The lowest BCUT2D eigenvalue weighted by molar-refractivity contribution is -0.123. The molecule has 2 fully saturated rings. The van der Waals surface area contributed by atoms with E-state index in [2.05, 4.69) is 24.8 Å². The van der Waals surface area contributed by atoms with Crippen LogP contribution in [0.2, 0.25) is 0 Å². The summed E-state index contributed by atoms with van der Waals surface area (Å²) < 4.78 is 11.5. The third-order valence-electron chi connectivity index (χ3n) is 4.70. The average Bonchev–Trinajstić information content (AvgIpc) is 3.11. The highest BCUT2D eigenvalue weighted by Gasteiger charge is 2.48. The maximum atomic E-state index is 6.23. The van der Waals surface area contributed by atoms with Gasteiger partial charge in [-0.3, -0.25) is 4.90 Å². The predicted octanol–water partition coefficient (Wildman–Crippen LogP) is 2.53. The van der Waals surface area contributed by atoms with Gasteiger partial charge >= 0.3 is 0 Å². The van der Waals surface area contributed by atoms with Gasteiger partial charge in [-0.05, 0) is 51.7 Å².